The first-order chi connectivity index (χ1) is 19.4. The van der Waals surface area contributed by atoms with E-state index in [0.29, 0.717) is 36.8 Å². The number of hydrogen-bond donors (Lipinski definition) is 0. The van der Waals surface area contributed by atoms with Gasteiger partial charge >= 0.3 is 0 Å². The van der Waals surface area contributed by atoms with Gasteiger partial charge in [0.15, 0.2) is 11.5 Å². The lowest BCUT2D eigenvalue weighted by Crippen LogP contribution is -2.37. The Balaban J connectivity index is 0.00000308. The van der Waals surface area contributed by atoms with Crippen molar-refractivity contribution in [3.8, 4) is 17.2 Å². The summed E-state index contributed by atoms with van der Waals surface area (Å²) in [5.41, 5.74) is 2.45. The maximum Gasteiger partial charge on any atom is 0.257 e. The van der Waals surface area contributed by atoms with Gasteiger partial charge in [-0.3, -0.25) is 19.5 Å². The SMILES string of the molecule is COc1cccc(C(=O)N(C)CCN(CCCOc2ccc3c(ccc(=O)n3C)c2)Cc2ccncc2)c1OC.Cl.Cl. The summed E-state index contributed by atoms with van der Waals surface area (Å²) >= 11 is 0. The fraction of sp³-hybridized carbons (Fsp3) is 0.323. The van der Waals surface area contributed by atoms with Crippen LogP contribution in [0.5, 0.6) is 17.2 Å². The number of aromatic nitrogens is 2. The number of carbonyl (C=O) groups is 1. The van der Waals surface area contributed by atoms with Crippen molar-refractivity contribution in [1.82, 2.24) is 19.4 Å². The summed E-state index contributed by atoms with van der Waals surface area (Å²) in [4.78, 5) is 33.2. The number of para-hydroxylation sites is 1. The van der Waals surface area contributed by atoms with Crippen molar-refractivity contribution < 1.29 is 19.0 Å². The van der Waals surface area contributed by atoms with Gasteiger partial charge in [-0.2, -0.15) is 0 Å². The molecule has 4 rings (SSSR count). The van der Waals surface area contributed by atoms with E-state index in [1.54, 1.807) is 67.3 Å². The molecule has 9 nitrogen and oxygen atoms in total. The molecule has 1 amide bonds. The fourth-order valence-corrected chi connectivity index (χ4v) is 4.60. The van der Waals surface area contributed by atoms with Gasteiger partial charge in [-0.25, -0.2) is 0 Å². The highest BCUT2D eigenvalue weighted by Crippen LogP contribution is 2.31. The number of amides is 1. The molecule has 2 heterocycles. The molecule has 0 aliphatic carbocycles. The van der Waals surface area contributed by atoms with Crippen LogP contribution in [-0.4, -0.2) is 72.8 Å². The third kappa shape index (κ3) is 8.61. The van der Waals surface area contributed by atoms with Crippen molar-refractivity contribution in [1.29, 1.82) is 0 Å². The van der Waals surface area contributed by atoms with Crippen LogP contribution in [0.4, 0.5) is 0 Å². The zero-order valence-corrected chi connectivity index (χ0v) is 26.0. The van der Waals surface area contributed by atoms with Gasteiger partial charge in [0, 0.05) is 64.1 Å². The van der Waals surface area contributed by atoms with Crippen molar-refractivity contribution in [2.24, 2.45) is 7.05 Å². The average Bonchev–Trinajstić information content (AvgIpc) is 2.99. The molecule has 0 saturated carbocycles. The minimum Gasteiger partial charge on any atom is -0.494 e. The van der Waals surface area contributed by atoms with Crippen molar-refractivity contribution in [2.75, 3.05) is 47.5 Å². The maximum atomic E-state index is 13.2. The van der Waals surface area contributed by atoms with Crippen LogP contribution in [0, 0.1) is 0 Å². The zero-order chi connectivity index (χ0) is 28.5. The minimum absolute atomic E-state index is 0. The Morgan fingerprint density at radius 1 is 0.929 bits per heavy atom. The summed E-state index contributed by atoms with van der Waals surface area (Å²) < 4.78 is 18.5. The lowest BCUT2D eigenvalue weighted by atomic mass is 10.1. The number of pyridine rings is 2. The third-order valence-electron chi connectivity index (χ3n) is 6.87. The quantitative estimate of drug-likeness (QED) is 0.199. The topological polar surface area (TPSA) is 86.1 Å². The second-order valence-corrected chi connectivity index (χ2v) is 9.55. The molecule has 0 bridgehead atoms. The van der Waals surface area contributed by atoms with E-state index < -0.39 is 0 Å². The first-order valence-electron chi connectivity index (χ1n) is 13.2. The summed E-state index contributed by atoms with van der Waals surface area (Å²) in [6.07, 6.45) is 4.38. The van der Waals surface area contributed by atoms with E-state index in [2.05, 4.69) is 9.88 Å². The minimum atomic E-state index is -0.128. The maximum absolute atomic E-state index is 13.2. The van der Waals surface area contributed by atoms with E-state index in [-0.39, 0.29) is 36.3 Å². The average molecular weight is 618 g/mol. The van der Waals surface area contributed by atoms with Gasteiger partial charge in [-0.05, 0) is 60.5 Å². The number of methoxy groups -OCH3 is 2. The van der Waals surface area contributed by atoms with Crippen molar-refractivity contribution in [2.45, 2.75) is 13.0 Å². The van der Waals surface area contributed by atoms with Gasteiger partial charge in [-0.15, -0.1) is 24.8 Å². The monoisotopic (exact) mass is 616 g/mol. The number of benzene rings is 2. The van der Waals surface area contributed by atoms with Crippen molar-refractivity contribution in [3.05, 3.63) is 94.5 Å². The highest BCUT2D eigenvalue weighted by Gasteiger charge is 2.20. The molecule has 0 N–H and O–H groups in total. The summed E-state index contributed by atoms with van der Waals surface area (Å²) in [5.74, 6) is 1.60. The molecule has 0 unspecified atom stereocenters. The van der Waals surface area contributed by atoms with Gasteiger partial charge < -0.3 is 23.7 Å². The van der Waals surface area contributed by atoms with Crippen LogP contribution in [0.1, 0.15) is 22.3 Å². The molecule has 0 aliphatic heterocycles. The molecule has 4 aromatic rings. The van der Waals surface area contributed by atoms with E-state index in [9.17, 15) is 9.59 Å². The smallest absolute Gasteiger partial charge is 0.257 e. The Bertz CT molecular complexity index is 1500. The van der Waals surface area contributed by atoms with Gasteiger partial charge in [-0.1, -0.05) is 6.07 Å². The highest BCUT2D eigenvalue weighted by atomic mass is 35.5. The molecule has 2 aromatic heterocycles. The number of rotatable bonds is 13. The Morgan fingerprint density at radius 3 is 2.40 bits per heavy atom. The Hall–Kier alpha value is -3.79. The largest absolute Gasteiger partial charge is 0.494 e. The molecule has 0 saturated heterocycles. The van der Waals surface area contributed by atoms with E-state index >= 15 is 0 Å². The number of fused-ring (bicyclic) bond motifs is 1. The van der Waals surface area contributed by atoms with E-state index in [4.69, 9.17) is 14.2 Å². The first-order valence-corrected chi connectivity index (χ1v) is 13.2. The molecule has 11 heteroatoms. The standard InChI is InChI=1S/C31H36N4O5.2ClH/c1-33(31(37)26-7-5-8-28(38-3)30(26)39-4)18-19-35(22-23-13-15-32-16-14-23)17-6-20-40-25-10-11-27-24(21-25)9-12-29(36)34(27)2;;/h5,7-16,21H,6,17-20,22H2,1-4H3;2*1H. The zero-order valence-electron chi connectivity index (χ0n) is 24.3. The number of nitrogens with zero attached hydrogens (tertiary/aromatic N) is 4. The molecule has 2 aromatic carbocycles. The van der Waals surface area contributed by atoms with E-state index in [0.717, 1.165) is 41.7 Å². The van der Waals surface area contributed by atoms with Crippen molar-refractivity contribution in [3.63, 3.8) is 0 Å². The van der Waals surface area contributed by atoms with Crippen LogP contribution in [0.2, 0.25) is 0 Å². The second-order valence-electron chi connectivity index (χ2n) is 9.55. The summed E-state index contributed by atoms with van der Waals surface area (Å²) in [6.45, 7) is 3.28. The Morgan fingerprint density at radius 2 is 1.69 bits per heavy atom. The number of likely N-dealkylation sites (N-methyl/N-ethyl adjacent to an activating group) is 1. The third-order valence-corrected chi connectivity index (χ3v) is 6.87. The van der Waals surface area contributed by atoms with Gasteiger partial charge in [0.25, 0.3) is 11.5 Å². The normalized spacial score (nSPS) is 10.5. The number of carbonyl (C=O) groups excluding carboxylic acids is 1. The lowest BCUT2D eigenvalue weighted by molar-refractivity contribution is 0.0770. The Kier molecular flexibility index (Phi) is 13.6. The first kappa shape index (κ1) is 34.4. The summed E-state index contributed by atoms with van der Waals surface area (Å²) in [5, 5.41) is 0.958. The predicted octanol–water partition coefficient (Wildman–Crippen LogP) is 4.84. The lowest BCUT2D eigenvalue weighted by Gasteiger charge is -2.26. The van der Waals surface area contributed by atoms with Crippen LogP contribution in [-0.2, 0) is 13.6 Å². The molecule has 0 fully saturated rings. The molecular formula is C31H38Cl2N4O5. The summed E-state index contributed by atoms with van der Waals surface area (Å²) in [7, 11) is 6.65. The second kappa shape index (κ2) is 16.6. The molecule has 226 valence electrons. The Labute approximate surface area is 258 Å². The molecule has 0 spiro atoms. The number of hydrogen-bond acceptors (Lipinski definition) is 7. The van der Waals surface area contributed by atoms with Gasteiger partial charge in [0.2, 0.25) is 0 Å². The number of halogens is 2. The van der Waals surface area contributed by atoms with Crippen LogP contribution < -0.4 is 19.8 Å². The van der Waals surface area contributed by atoms with Crippen LogP contribution >= 0.6 is 24.8 Å². The fourth-order valence-electron chi connectivity index (χ4n) is 4.60. The van der Waals surface area contributed by atoms with Crippen LogP contribution in [0.3, 0.4) is 0 Å². The molecular weight excluding hydrogens is 579 g/mol. The predicted molar refractivity (Wildman–Crippen MR) is 170 cm³/mol. The number of ether oxygens (including phenoxy) is 3. The van der Waals surface area contributed by atoms with Gasteiger partial charge in [0.1, 0.15) is 5.75 Å². The van der Waals surface area contributed by atoms with Gasteiger partial charge in [0.05, 0.1) is 31.9 Å². The molecule has 0 aliphatic rings. The van der Waals surface area contributed by atoms with E-state index in [1.807, 2.05) is 36.4 Å². The van der Waals surface area contributed by atoms with Crippen LogP contribution in [0.25, 0.3) is 10.9 Å². The van der Waals surface area contributed by atoms with Crippen LogP contribution in [0.15, 0.2) is 77.9 Å². The summed E-state index contributed by atoms with van der Waals surface area (Å²) in [6, 6.07) is 18.5. The number of aryl methyl sites for hydroxylation is 1. The molecule has 0 atom stereocenters. The molecule has 42 heavy (non-hydrogen) atoms. The van der Waals surface area contributed by atoms with Crippen molar-refractivity contribution >= 4 is 41.6 Å². The van der Waals surface area contributed by atoms with E-state index in [1.165, 1.54) is 7.11 Å². The highest BCUT2D eigenvalue weighted by molar-refractivity contribution is 5.97. The molecule has 0 radical (unpaired) electrons.